The van der Waals surface area contributed by atoms with Crippen LogP contribution in [0.1, 0.15) is 60.8 Å². The number of rotatable bonds is 23. The van der Waals surface area contributed by atoms with Crippen LogP contribution in [0.4, 0.5) is 0 Å². The average molecular weight is 469 g/mol. The van der Waals surface area contributed by atoms with Gasteiger partial charge in [0.1, 0.15) is 0 Å². The van der Waals surface area contributed by atoms with Gasteiger partial charge in [-0.15, -0.1) is 0 Å². The molecule has 0 aliphatic heterocycles. The summed E-state index contributed by atoms with van der Waals surface area (Å²) in [5.74, 6) is 0. The highest BCUT2D eigenvalue weighted by molar-refractivity contribution is 6.67. The summed E-state index contributed by atoms with van der Waals surface area (Å²) in [5.41, 5.74) is 0. The molecule has 182 valence electrons. The highest BCUT2D eigenvalue weighted by atomic mass is 28.4. The normalized spacial score (nSPS) is 12.6. The fourth-order valence-corrected chi connectivity index (χ4v) is 9.51. The Morgan fingerprint density at radius 1 is 0.467 bits per heavy atom. The fraction of sp³-hybridized carbons (Fsp3) is 1.00. The third-order valence-corrected chi connectivity index (χ3v) is 11.7. The van der Waals surface area contributed by atoms with Crippen molar-refractivity contribution in [2.45, 2.75) is 78.9 Å². The van der Waals surface area contributed by atoms with Crippen LogP contribution in [-0.2, 0) is 31.6 Å². The van der Waals surface area contributed by atoms with Crippen LogP contribution in [0.3, 0.4) is 0 Å². The van der Waals surface area contributed by atoms with Gasteiger partial charge in [-0.2, -0.15) is 0 Å². The van der Waals surface area contributed by atoms with E-state index in [0.29, 0.717) is 39.6 Å². The van der Waals surface area contributed by atoms with Gasteiger partial charge in [0.05, 0.1) is 13.2 Å². The molecule has 7 nitrogen and oxygen atoms in total. The van der Waals surface area contributed by atoms with E-state index in [1.165, 1.54) is 0 Å². The van der Waals surface area contributed by atoms with Crippen LogP contribution in [0.15, 0.2) is 0 Å². The van der Waals surface area contributed by atoms with Crippen molar-refractivity contribution in [2.75, 3.05) is 59.5 Å². The monoisotopic (exact) mass is 468 g/mol. The third-order valence-electron chi connectivity index (χ3n) is 4.53. The molecule has 0 aliphatic carbocycles. The summed E-state index contributed by atoms with van der Waals surface area (Å²) in [6.45, 7) is 18.1. The first-order valence-electron chi connectivity index (χ1n) is 11.9. The zero-order valence-electron chi connectivity index (χ0n) is 20.5. The smallest absolute Gasteiger partial charge is 0.394 e. The van der Waals surface area contributed by atoms with E-state index < -0.39 is 17.4 Å². The number of hydrogen-bond acceptors (Lipinski definition) is 7. The second-order valence-corrected chi connectivity index (χ2v) is 13.1. The van der Waals surface area contributed by atoms with Gasteiger partial charge in [0, 0.05) is 52.3 Å². The standard InChI is InChI=1S/C21H48O7Si2/c1-7-19-29(24-8-2,25-9-3)20-13-15-22-17-18-23-16-14-21-30(26-10-4,27-11-5)28-12-6/h7-21H2,1-6H3. The predicted octanol–water partition coefficient (Wildman–Crippen LogP) is 4.77. The second-order valence-electron chi connectivity index (χ2n) is 6.94. The largest absolute Gasteiger partial charge is 0.501 e. The molecule has 0 atom stereocenters. The molecule has 0 aromatic heterocycles. The Balaban J connectivity index is 3.97. The quantitative estimate of drug-likeness (QED) is 0.158. The van der Waals surface area contributed by atoms with Crippen molar-refractivity contribution in [1.82, 2.24) is 0 Å². The van der Waals surface area contributed by atoms with Gasteiger partial charge >= 0.3 is 17.4 Å². The van der Waals surface area contributed by atoms with E-state index in [0.717, 1.165) is 57.2 Å². The molecule has 0 amide bonds. The number of hydrogen-bond donors (Lipinski definition) is 0. The molecule has 0 saturated heterocycles. The molecule has 0 aromatic rings. The third kappa shape index (κ3) is 13.5. The van der Waals surface area contributed by atoms with Crippen LogP contribution in [-0.4, -0.2) is 76.8 Å². The summed E-state index contributed by atoms with van der Waals surface area (Å²) in [7, 11) is -4.61. The summed E-state index contributed by atoms with van der Waals surface area (Å²) in [5, 5.41) is 0. The van der Waals surface area contributed by atoms with Crippen molar-refractivity contribution in [3.8, 4) is 0 Å². The van der Waals surface area contributed by atoms with Crippen LogP contribution in [0.25, 0.3) is 0 Å². The average Bonchev–Trinajstić information content (AvgIpc) is 2.70. The van der Waals surface area contributed by atoms with Crippen LogP contribution in [0, 0.1) is 0 Å². The van der Waals surface area contributed by atoms with E-state index in [1.54, 1.807) is 0 Å². The Bertz CT molecular complexity index is 307. The molecule has 9 heteroatoms. The predicted molar refractivity (Wildman–Crippen MR) is 125 cm³/mol. The minimum absolute atomic E-state index is 0.598. The van der Waals surface area contributed by atoms with Gasteiger partial charge in [0.2, 0.25) is 0 Å². The first-order valence-corrected chi connectivity index (χ1v) is 16.1. The highest BCUT2D eigenvalue weighted by Crippen LogP contribution is 2.23. The van der Waals surface area contributed by atoms with Crippen LogP contribution in [0.2, 0.25) is 18.1 Å². The van der Waals surface area contributed by atoms with E-state index in [4.69, 9.17) is 31.6 Å². The van der Waals surface area contributed by atoms with Gasteiger partial charge in [0.15, 0.2) is 0 Å². The lowest BCUT2D eigenvalue weighted by Crippen LogP contribution is -2.46. The number of ether oxygens (including phenoxy) is 2. The summed E-state index contributed by atoms with van der Waals surface area (Å²) >= 11 is 0. The van der Waals surface area contributed by atoms with E-state index in [2.05, 4.69) is 6.92 Å². The van der Waals surface area contributed by atoms with Gasteiger partial charge in [-0.25, -0.2) is 0 Å². The zero-order chi connectivity index (χ0) is 22.6. The van der Waals surface area contributed by atoms with Gasteiger partial charge in [0.25, 0.3) is 0 Å². The summed E-state index contributed by atoms with van der Waals surface area (Å²) in [4.78, 5) is 0. The van der Waals surface area contributed by atoms with Crippen molar-refractivity contribution in [2.24, 2.45) is 0 Å². The Labute approximate surface area is 187 Å². The maximum Gasteiger partial charge on any atom is 0.501 e. The topological polar surface area (TPSA) is 64.6 Å². The first-order chi connectivity index (χ1) is 14.6. The van der Waals surface area contributed by atoms with Crippen molar-refractivity contribution in [1.29, 1.82) is 0 Å². The lowest BCUT2D eigenvalue weighted by Gasteiger charge is -2.29. The molecule has 0 radical (unpaired) electrons. The first kappa shape index (κ1) is 30.2. The molecule has 0 spiro atoms. The Morgan fingerprint density at radius 3 is 1.30 bits per heavy atom. The maximum absolute atomic E-state index is 6.07. The summed E-state index contributed by atoms with van der Waals surface area (Å²) in [6, 6.07) is 2.82. The lowest BCUT2D eigenvalue weighted by atomic mass is 10.5. The van der Waals surface area contributed by atoms with Crippen molar-refractivity contribution in [3.63, 3.8) is 0 Å². The summed E-state index contributed by atoms with van der Waals surface area (Å²) in [6.07, 6.45) is 2.93. The van der Waals surface area contributed by atoms with E-state index in [1.807, 2.05) is 34.6 Å². The Morgan fingerprint density at radius 2 is 0.900 bits per heavy atom. The molecule has 0 N–H and O–H groups in total. The molecule has 0 bridgehead atoms. The molecule has 0 fully saturated rings. The Kier molecular flexibility index (Phi) is 19.9. The van der Waals surface area contributed by atoms with Crippen molar-refractivity contribution < 1.29 is 31.6 Å². The Hall–Kier alpha value is 0.154. The lowest BCUT2D eigenvalue weighted by molar-refractivity contribution is 0.0417. The highest BCUT2D eigenvalue weighted by Gasteiger charge is 2.39. The second kappa shape index (κ2) is 19.8. The molecule has 0 aliphatic rings. The molecular formula is C21H48O7Si2. The van der Waals surface area contributed by atoms with Crippen LogP contribution in [0.5, 0.6) is 0 Å². The van der Waals surface area contributed by atoms with Gasteiger partial charge in [-0.05, 0) is 59.5 Å². The van der Waals surface area contributed by atoms with Crippen LogP contribution < -0.4 is 0 Å². The molecule has 30 heavy (non-hydrogen) atoms. The maximum atomic E-state index is 6.07. The fourth-order valence-electron chi connectivity index (χ4n) is 3.52. The minimum atomic E-state index is -2.55. The van der Waals surface area contributed by atoms with E-state index >= 15 is 0 Å². The van der Waals surface area contributed by atoms with Gasteiger partial charge in [-0.3, -0.25) is 0 Å². The molecule has 0 rings (SSSR count). The van der Waals surface area contributed by atoms with Crippen molar-refractivity contribution in [3.05, 3.63) is 0 Å². The SMILES string of the molecule is CCC[Si](CCCOCCOCCC[Si](OCC)(OCC)OCC)(OCC)OCC. The van der Waals surface area contributed by atoms with E-state index in [9.17, 15) is 0 Å². The molecule has 0 heterocycles. The zero-order valence-corrected chi connectivity index (χ0v) is 22.5. The molecule has 0 aromatic carbocycles. The van der Waals surface area contributed by atoms with Crippen molar-refractivity contribution >= 4 is 17.4 Å². The van der Waals surface area contributed by atoms with Crippen LogP contribution >= 0.6 is 0 Å². The minimum Gasteiger partial charge on any atom is -0.394 e. The van der Waals surface area contributed by atoms with Gasteiger partial charge in [-0.1, -0.05) is 13.3 Å². The molecular weight excluding hydrogens is 420 g/mol. The summed E-state index contributed by atoms with van der Waals surface area (Å²) < 4.78 is 41.2. The molecule has 0 saturated carbocycles. The van der Waals surface area contributed by atoms with Gasteiger partial charge < -0.3 is 31.6 Å². The van der Waals surface area contributed by atoms with E-state index in [-0.39, 0.29) is 0 Å². The molecule has 0 unspecified atom stereocenters.